The lowest BCUT2D eigenvalue weighted by molar-refractivity contribution is 1.09. The van der Waals surface area contributed by atoms with Crippen molar-refractivity contribution in [2.45, 2.75) is 47.0 Å². The lowest BCUT2D eigenvalue weighted by Crippen LogP contribution is -1.75. The van der Waals surface area contributed by atoms with Crippen molar-refractivity contribution in [2.75, 3.05) is 0 Å². The van der Waals surface area contributed by atoms with E-state index in [1.807, 2.05) is 0 Å². The molecule has 0 saturated carbocycles. The van der Waals surface area contributed by atoms with E-state index in [1.165, 1.54) is 11.1 Å². The highest BCUT2D eigenvalue weighted by Crippen LogP contribution is 2.06. The SMILES string of the molecule is CC\C=C/C(=C/C=C(/C)CC)CC. The highest BCUT2D eigenvalue weighted by atomic mass is 13.9. The van der Waals surface area contributed by atoms with Crippen LogP contribution >= 0.6 is 0 Å². The van der Waals surface area contributed by atoms with Crippen molar-refractivity contribution in [3.05, 3.63) is 35.5 Å². The predicted octanol–water partition coefficient (Wildman–Crippen LogP) is 4.65. The molecule has 0 aromatic carbocycles. The van der Waals surface area contributed by atoms with Gasteiger partial charge in [-0.1, -0.05) is 50.6 Å². The Bertz CT molecular complexity index is 204. The zero-order chi connectivity index (χ0) is 10.1. The first-order chi connectivity index (χ1) is 6.24. The van der Waals surface area contributed by atoms with Gasteiger partial charge in [0.25, 0.3) is 0 Å². The van der Waals surface area contributed by atoms with Gasteiger partial charge in [0.2, 0.25) is 0 Å². The van der Waals surface area contributed by atoms with Crippen molar-refractivity contribution in [1.82, 2.24) is 0 Å². The third-order valence-electron chi connectivity index (χ3n) is 2.12. The Labute approximate surface area is 83.0 Å². The third kappa shape index (κ3) is 6.39. The van der Waals surface area contributed by atoms with Crippen molar-refractivity contribution in [2.24, 2.45) is 0 Å². The second kappa shape index (κ2) is 7.85. The fraction of sp³-hybridized carbons (Fsp3) is 0.538. The van der Waals surface area contributed by atoms with E-state index in [4.69, 9.17) is 0 Å². The van der Waals surface area contributed by atoms with E-state index >= 15 is 0 Å². The summed E-state index contributed by atoms with van der Waals surface area (Å²) in [6.07, 6.45) is 12.3. The van der Waals surface area contributed by atoms with E-state index in [2.05, 4.69) is 52.0 Å². The second-order valence-corrected chi connectivity index (χ2v) is 3.27. The van der Waals surface area contributed by atoms with Gasteiger partial charge in [-0.25, -0.2) is 0 Å². The minimum atomic E-state index is 1.12. The van der Waals surface area contributed by atoms with Gasteiger partial charge in [-0.05, 0) is 31.8 Å². The van der Waals surface area contributed by atoms with Crippen LogP contribution < -0.4 is 0 Å². The van der Waals surface area contributed by atoms with Crippen LogP contribution in [-0.4, -0.2) is 0 Å². The first kappa shape index (κ1) is 12.2. The van der Waals surface area contributed by atoms with Crippen LogP contribution in [0.4, 0.5) is 0 Å². The molecule has 0 heteroatoms. The van der Waals surface area contributed by atoms with Crippen molar-refractivity contribution in [3.63, 3.8) is 0 Å². The molecule has 0 heterocycles. The molecule has 0 N–H and O–H groups in total. The molecule has 0 aromatic rings. The minimum Gasteiger partial charge on any atom is -0.0845 e. The van der Waals surface area contributed by atoms with Gasteiger partial charge in [0.1, 0.15) is 0 Å². The topological polar surface area (TPSA) is 0 Å². The van der Waals surface area contributed by atoms with Crippen molar-refractivity contribution in [1.29, 1.82) is 0 Å². The first-order valence-corrected chi connectivity index (χ1v) is 5.27. The monoisotopic (exact) mass is 178 g/mol. The summed E-state index contributed by atoms with van der Waals surface area (Å²) in [6, 6.07) is 0. The van der Waals surface area contributed by atoms with Crippen LogP contribution in [0.2, 0.25) is 0 Å². The Balaban J connectivity index is 4.30. The summed E-state index contributed by atoms with van der Waals surface area (Å²) in [5.41, 5.74) is 2.85. The quantitative estimate of drug-likeness (QED) is 0.538. The number of rotatable bonds is 5. The molecule has 0 amide bonds. The van der Waals surface area contributed by atoms with Gasteiger partial charge in [0, 0.05) is 0 Å². The van der Waals surface area contributed by atoms with Gasteiger partial charge in [0.05, 0.1) is 0 Å². The van der Waals surface area contributed by atoms with Gasteiger partial charge in [-0.2, -0.15) is 0 Å². The summed E-state index contributed by atoms with van der Waals surface area (Å²) in [5.74, 6) is 0. The Kier molecular flexibility index (Phi) is 7.38. The van der Waals surface area contributed by atoms with E-state index in [0.717, 1.165) is 19.3 Å². The van der Waals surface area contributed by atoms with Gasteiger partial charge in [0.15, 0.2) is 0 Å². The molecule has 0 nitrogen and oxygen atoms in total. The number of hydrogen-bond donors (Lipinski definition) is 0. The number of hydrogen-bond acceptors (Lipinski definition) is 0. The van der Waals surface area contributed by atoms with Gasteiger partial charge in [-0.3, -0.25) is 0 Å². The normalized spacial score (nSPS) is 14.2. The van der Waals surface area contributed by atoms with Gasteiger partial charge in [-0.15, -0.1) is 0 Å². The Morgan fingerprint density at radius 3 is 2.15 bits per heavy atom. The predicted molar refractivity (Wildman–Crippen MR) is 61.9 cm³/mol. The Morgan fingerprint density at radius 2 is 1.69 bits per heavy atom. The molecule has 0 aliphatic carbocycles. The molecule has 0 radical (unpaired) electrons. The van der Waals surface area contributed by atoms with Crippen LogP contribution in [0.3, 0.4) is 0 Å². The fourth-order valence-electron chi connectivity index (χ4n) is 0.928. The summed E-state index contributed by atoms with van der Waals surface area (Å²) in [4.78, 5) is 0. The molecule has 0 saturated heterocycles. The smallest absolute Gasteiger partial charge is 0.0308 e. The highest BCUT2D eigenvalue weighted by molar-refractivity contribution is 5.25. The molecular weight excluding hydrogens is 156 g/mol. The molecule has 0 atom stereocenters. The molecular formula is C13H22. The van der Waals surface area contributed by atoms with Gasteiger partial charge >= 0.3 is 0 Å². The molecule has 0 unspecified atom stereocenters. The van der Waals surface area contributed by atoms with E-state index in [9.17, 15) is 0 Å². The van der Waals surface area contributed by atoms with E-state index < -0.39 is 0 Å². The molecule has 0 fully saturated rings. The molecule has 0 bridgehead atoms. The van der Waals surface area contributed by atoms with E-state index in [-0.39, 0.29) is 0 Å². The van der Waals surface area contributed by atoms with Crippen LogP contribution in [0.1, 0.15) is 47.0 Å². The number of allylic oxidation sites excluding steroid dienone is 6. The van der Waals surface area contributed by atoms with Crippen LogP contribution in [0, 0.1) is 0 Å². The second-order valence-electron chi connectivity index (χ2n) is 3.27. The largest absolute Gasteiger partial charge is 0.0845 e. The lowest BCUT2D eigenvalue weighted by atomic mass is 10.1. The van der Waals surface area contributed by atoms with Crippen LogP contribution in [0.15, 0.2) is 35.5 Å². The molecule has 74 valence electrons. The maximum absolute atomic E-state index is 2.23. The lowest BCUT2D eigenvalue weighted by Gasteiger charge is -1.95. The van der Waals surface area contributed by atoms with Crippen LogP contribution in [0.25, 0.3) is 0 Å². The third-order valence-corrected chi connectivity index (χ3v) is 2.12. The summed E-state index contributed by atoms with van der Waals surface area (Å²) in [5, 5.41) is 0. The summed E-state index contributed by atoms with van der Waals surface area (Å²) in [6.45, 7) is 8.72. The summed E-state index contributed by atoms with van der Waals surface area (Å²) >= 11 is 0. The summed E-state index contributed by atoms with van der Waals surface area (Å²) in [7, 11) is 0. The standard InChI is InChI=1S/C13H22/c1-5-8-9-13(7-3)11-10-12(4)6-2/h8-11H,5-7H2,1-4H3/b9-8-,12-10-,13-11+. The van der Waals surface area contributed by atoms with Crippen molar-refractivity contribution in [3.8, 4) is 0 Å². The molecule has 0 aliphatic rings. The van der Waals surface area contributed by atoms with Gasteiger partial charge < -0.3 is 0 Å². The Hall–Kier alpha value is -0.780. The zero-order valence-electron chi connectivity index (χ0n) is 9.43. The first-order valence-electron chi connectivity index (χ1n) is 5.27. The fourth-order valence-corrected chi connectivity index (χ4v) is 0.928. The maximum atomic E-state index is 2.23. The van der Waals surface area contributed by atoms with Crippen molar-refractivity contribution >= 4 is 0 Å². The van der Waals surface area contributed by atoms with Crippen molar-refractivity contribution < 1.29 is 0 Å². The van der Waals surface area contributed by atoms with E-state index in [0.29, 0.717) is 0 Å². The maximum Gasteiger partial charge on any atom is -0.0308 e. The Morgan fingerprint density at radius 1 is 1.00 bits per heavy atom. The minimum absolute atomic E-state index is 1.12. The molecule has 13 heavy (non-hydrogen) atoms. The average molecular weight is 178 g/mol. The van der Waals surface area contributed by atoms with E-state index in [1.54, 1.807) is 0 Å². The van der Waals surface area contributed by atoms with Crippen LogP contribution in [-0.2, 0) is 0 Å². The average Bonchev–Trinajstić information content (AvgIpc) is 2.17. The summed E-state index contributed by atoms with van der Waals surface area (Å²) < 4.78 is 0. The molecule has 0 aromatic heterocycles. The zero-order valence-corrected chi connectivity index (χ0v) is 9.43. The molecule has 0 spiro atoms. The molecule has 0 rings (SSSR count). The molecule has 0 aliphatic heterocycles. The highest BCUT2D eigenvalue weighted by Gasteiger charge is 1.85. The van der Waals surface area contributed by atoms with Crippen LogP contribution in [0.5, 0.6) is 0 Å².